The first kappa shape index (κ1) is 24.1. The van der Waals surface area contributed by atoms with Crippen LogP contribution in [0.2, 0.25) is 0 Å². The minimum atomic E-state index is -0.845. The van der Waals surface area contributed by atoms with Gasteiger partial charge < -0.3 is 14.3 Å². The number of allylic oxidation sites excluding steroid dienone is 5. The number of aromatic hydroxyl groups is 1. The summed E-state index contributed by atoms with van der Waals surface area (Å²) < 4.78 is 9.86. The maximum atomic E-state index is 12.5. The number of methoxy groups -OCH3 is 1. The monoisotopic (exact) mass is 402 g/mol. The van der Waals surface area contributed by atoms with Gasteiger partial charge in [0.05, 0.1) is 13.5 Å². The molecule has 0 aromatic carbocycles. The normalized spacial score (nSPS) is 13.6. The Morgan fingerprint density at radius 1 is 1.24 bits per heavy atom. The Hall–Kier alpha value is -2.89. The molecule has 0 fully saturated rings. The lowest BCUT2D eigenvalue weighted by Crippen LogP contribution is -2.16. The molecule has 1 N–H and O–H groups in total. The molecule has 0 radical (unpaired) electrons. The van der Waals surface area contributed by atoms with Crippen LogP contribution in [0.5, 0.6) is 5.75 Å². The summed E-state index contributed by atoms with van der Waals surface area (Å²) in [6.45, 7) is 7.40. The minimum Gasteiger partial charge on any atom is -0.507 e. The maximum absolute atomic E-state index is 12.5. The lowest BCUT2D eigenvalue weighted by molar-refractivity contribution is -0.139. The number of hydrogen-bond acceptors (Lipinski definition) is 6. The quantitative estimate of drug-likeness (QED) is 0.198. The van der Waals surface area contributed by atoms with Crippen molar-refractivity contribution in [3.63, 3.8) is 0 Å². The molecule has 1 rings (SSSR count). The van der Waals surface area contributed by atoms with Crippen LogP contribution in [0.4, 0.5) is 0 Å². The zero-order chi connectivity index (χ0) is 22.0. The number of hydrogen-bond donors (Lipinski definition) is 1. The van der Waals surface area contributed by atoms with E-state index in [9.17, 15) is 19.5 Å². The van der Waals surface area contributed by atoms with E-state index in [2.05, 4.69) is 4.74 Å². The molecule has 0 saturated heterocycles. The van der Waals surface area contributed by atoms with Crippen LogP contribution < -0.4 is 5.63 Å². The molecule has 1 aromatic heterocycles. The summed E-state index contributed by atoms with van der Waals surface area (Å²) in [6, 6.07) is 1.33. The van der Waals surface area contributed by atoms with Crippen LogP contribution >= 0.6 is 0 Å². The Kier molecular flexibility index (Phi) is 9.86. The molecule has 6 nitrogen and oxygen atoms in total. The lowest BCUT2D eigenvalue weighted by Gasteiger charge is -2.11. The molecule has 0 spiro atoms. The van der Waals surface area contributed by atoms with Crippen molar-refractivity contribution in [2.45, 2.75) is 59.3 Å². The average molecular weight is 402 g/mol. The molecule has 158 valence electrons. The zero-order valence-corrected chi connectivity index (χ0v) is 17.8. The van der Waals surface area contributed by atoms with Gasteiger partial charge in [0.25, 0.3) is 0 Å². The second-order valence-corrected chi connectivity index (χ2v) is 6.97. The van der Waals surface area contributed by atoms with Crippen molar-refractivity contribution in [3.05, 3.63) is 63.3 Å². The van der Waals surface area contributed by atoms with Crippen molar-refractivity contribution >= 4 is 11.8 Å². The predicted molar refractivity (Wildman–Crippen MR) is 112 cm³/mol. The molecule has 29 heavy (non-hydrogen) atoms. The summed E-state index contributed by atoms with van der Waals surface area (Å²) in [7, 11) is 1.33. The van der Waals surface area contributed by atoms with Gasteiger partial charge in [-0.2, -0.15) is 0 Å². The van der Waals surface area contributed by atoms with Crippen LogP contribution in [0.15, 0.2) is 50.7 Å². The van der Waals surface area contributed by atoms with E-state index in [1.165, 1.54) is 13.2 Å². The molecular weight excluding hydrogens is 372 g/mol. The van der Waals surface area contributed by atoms with Gasteiger partial charge in [-0.25, -0.2) is 4.79 Å². The fraction of sp³-hybridized carbons (Fsp3) is 0.435. The largest absolute Gasteiger partial charge is 0.507 e. The van der Waals surface area contributed by atoms with Crippen molar-refractivity contribution in [1.29, 1.82) is 0 Å². The van der Waals surface area contributed by atoms with Gasteiger partial charge in [0.1, 0.15) is 17.1 Å². The van der Waals surface area contributed by atoms with Crippen molar-refractivity contribution in [1.82, 2.24) is 0 Å². The van der Waals surface area contributed by atoms with E-state index in [0.717, 1.165) is 12.0 Å². The van der Waals surface area contributed by atoms with Crippen LogP contribution in [-0.2, 0) is 9.53 Å². The third-order valence-electron chi connectivity index (χ3n) is 4.64. The molecule has 0 amide bonds. The van der Waals surface area contributed by atoms with Gasteiger partial charge in [0.2, 0.25) is 0 Å². The Morgan fingerprint density at radius 2 is 1.93 bits per heavy atom. The van der Waals surface area contributed by atoms with E-state index in [1.54, 1.807) is 19.1 Å². The van der Waals surface area contributed by atoms with Crippen LogP contribution in [0.1, 0.15) is 75.4 Å². The molecule has 1 atom stereocenters. The second kappa shape index (κ2) is 11.8. The third kappa shape index (κ3) is 7.56. The SMILES string of the molecule is CC/C(C)=C\C=C(/C)C(=O)c1c(O)cc(C(C)CC/C=C/CC(=O)OC)oc1=O. The molecule has 1 unspecified atom stereocenters. The number of rotatable bonds is 10. The number of ether oxygens (including phenoxy) is 1. The first-order valence-electron chi connectivity index (χ1n) is 9.68. The van der Waals surface area contributed by atoms with Gasteiger partial charge in [0, 0.05) is 12.0 Å². The number of Topliss-reactive ketones (excluding diaryl/α,β-unsaturated/α-hetero) is 1. The van der Waals surface area contributed by atoms with Crippen molar-refractivity contribution in [2.75, 3.05) is 7.11 Å². The van der Waals surface area contributed by atoms with Crippen molar-refractivity contribution in [2.24, 2.45) is 0 Å². The van der Waals surface area contributed by atoms with Gasteiger partial charge in [0.15, 0.2) is 5.78 Å². The number of carbonyl (C=O) groups is 2. The fourth-order valence-corrected chi connectivity index (χ4v) is 2.48. The summed E-state index contributed by atoms with van der Waals surface area (Å²) in [5.41, 5.74) is 0.243. The van der Waals surface area contributed by atoms with E-state index in [0.29, 0.717) is 24.2 Å². The van der Waals surface area contributed by atoms with Crippen molar-refractivity contribution in [3.8, 4) is 5.75 Å². The molecule has 1 aromatic rings. The smallest absolute Gasteiger partial charge is 0.351 e. The number of esters is 1. The van der Waals surface area contributed by atoms with Gasteiger partial charge in [-0.3, -0.25) is 9.59 Å². The summed E-state index contributed by atoms with van der Waals surface area (Å²) in [5, 5.41) is 10.3. The van der Waals surface area contributed by atoms with Crippen LogP contribution in [0.3, 0.4) is 0 Å². The number of ketones is 1. The van der Waals surface area contributed by atoms with Gasteiger partial charge in [-0.1, -0.05) is 43.7 Å². The Labute approximate surface area is 171 Å². The highest BCUT2D eigenvalue weighted by Gasteiger charge is 2.21. The van der Waals surface area contributed by atoms with E-state index in [4.69, 9.17) is 4.42 Å². The third-order valence-corrected chi connectivity index (χ3v) is 4.64. The highest BCUT2D eigenvalue weighted by molar-refractivity contribution is 6.09. The lowest BCUT2D eigenvalue weighted by atomic mass is 9.99. The van der Waals surface area contributed by atoms with Gasteiger partial charge >= 0.3 is 11.6 Å². The Morgan fingerprint density at radius 3 is 2.52 bits per heavy atom. The summed E-state index contributed by atoms with van der Waals surface area (Å²) in [6.07, 6.45) is 9.39. The molecule has 0 bridgehead atoms. The van der Waals surface area contributed by atoms with Gasteiger partial charge in [-0.15, -0.1) is 0 Å². The molecule has 0 aliphatic carbocycles. The van der Waals surface area contributed by atoms with Crippen LogP contribution in [0.25, 0.3) is 0 Å². The van der Waals surface area contributed by atoms with Crippen LogP contribution in [-0.4, -0.2) is 24.0 Å². The molecule has 0 aliphatic rings. The molecule has 1 heterocycles. The zero-order valence-electron chi connectivity index (χ0n) is 17.8. The Balaban J connectivity index is 2.90. The highest BCUT2D eigenvalue weighted by atomic mass is 16.5. The standard InChI is InChI=1S/C23H30O6/c1-6-15(2)12-13-17(4)22(26)21-18(24)14-19(29-23(21)27)16(3)10-8-7-9-11-20(25)28-5/h7,9,12-14,16,24H,6,8,10-11H2,1-5H3/b9-7+,15-12-,17-13+. The topological polar surface area (TPSA) is 93.8 Å². The predicted octanol–water partition coefficient (Wildman–Crippen LogP) is 4.83. The summed E-state index contributed by atoms with van der Waals surface area (Å²) >= 11 is 0. The van der Waals surface area contributed by atoms with E-state index >= 15 is 0 Å². The number of carbonyl (C=O) groups excluding carboxylic acids is 2. The maximum Gasteiger partial charge on any atom is 0.351 e. The van der Waals surface area contributed by atoms with Crippen LogP contribution in [0, 0.1) is 0 Å². The molecule has 6 heteroatoms. The molecule has 0 aliphatic heterocycles. The second-order valence-electron chi connectivity index (χ2n) is 6.97. The highest BCUT2D eigenvalue weighted by Crippen LogP contribution is 2.26. The minimum absolute atomic E-state index is 0.146. The van der Waals surface area contributed by atoms with Gasteiger partial charge in [-0.05, 0) is 38.7 Å². The van der Waals surface area contributed by atoms with E-state index in [-0.39, 0.29) is 29.6 Å². The first-order valence-corrected chi connectivity index (χ1v) is 9.68. The molecule has 0 saturated carbocycles. The fourth-order valence-electron chi connectivity index (χ4n) is 2.48. The molecular formula is C23H30O6. The average Bonchev–Trinajstić information content (AvgIpc) is 2.70. The first-order chi connectivity index (χ1) is 13.7. The van der Waals surface area contributed by atoms with E-state index < -0.39 is 11.4 Å². The van der Waals surface area contributed by atoms with E-state index in [1.807, 2.05) is 32.9 Å². The summed E-state index contributed by atoms with van der Waals surface area (Å²) in [5.74, 6) is -1.07. The summed E-state index contributed by atoms with van der Waals surface area (Å²) in [4.78, 5) is 35.9. The Bertz CT molecular complexity index is 870. The van der Waals surface area contributed by atoms with Crippen molar-refractivity contribution < 1.29 is 23.8 Å².